The molecule has 2 aliphatic carbocycles. The Hall–Kier alpha value is -12.1. The first-order valence-electron chi connectivity index (χ1n) is 35.0. The second-order valence-electron chi connectivity index (χ2n) is 26.1. The van der Waals surface area contributed by atoms with E-state index in [0.717, 1.165) is 12.1 Å². The number of sulfone groups is 2. The van der Waals surface area contributed by atoms with Crippen molar-refractivity contribution in [2.75, 3.05) is 35.4 Å². The first kappa shape index (κ1) is 82.4. The Kier molecular flexibility index (Phi) is 24.0. The molecule has 26 nitrogen and oxygen atoms in total. The van der Waals surface area contributed by atoms with Gasteiger partial charge in [0.15, 0.2) is 42.1 Å². The van der Waals surface area contributed by atoms with E-state index in [-0.39, 0.29) is 174 Å². The zero-order valence-corrected chi connectivity index (χ0v) is 66.2. The van der Waals surface area contributed by atoms with Crippen LogP contribution in [0.2, 0.25) is 0 Å². The SMILES string of the molecule is CCOC(=O)C(CCS(=O)(=O)c1ccc(Nc2cc(S(=O)(=O)[O-])c3nc(=O)c(=C(O)c4ccccc4)c4c5ccccc5c(=O)c2c3=4)cc1)C(=O)c1ccccc1.CCOC(=O)C(CCS(=O)(=O)c1cccc(Nc2cc(S(=O)(=O)O)c3nc(=O)c(=C(O)c4ccccc4)c4c5ccccc5c(=O)c2c3=4)c1)C(=O)c1ccccc1.[Na+]. The summed E-state index contributed by atoms with van der Waals surface area (Å²) in [5, 5.41) is 28.3. The van der Waals surface area contributed by atoms with Crippen LogP contribution in [0.1, 0.15) is 58.5 Å². The number of carbonyl (C=O) groups excluding carboxylic acids is 4. The Bertz CT molecular complexity index is 7260. The first-order chi connectivity index (χ1) is 54.4. The van der Waals surface area contributed by atoms with Crippen molar-refractivity contribution < 1.29 is 111 Å². The van der Waals surface area contributed by atoms with E-state index in [1.807, 2.05) is 0 Å². The third-order valence-electron chi connectivity index (χ3n) is 19.0. The number of hydrogen-bond acceptors (Lipinski definition) is 25. The molecule has 0 aromatic heterocycles. The van der Waals surface area contributed by atoms with Crippen molar-refractivity contribution in [1.82, 2.24) is 9.97 Å². The van der Waals surface area contributed by atoms with Gasteiger partial charge in [-0.15, -0.1) is 0 Å². The Morgan fingerprint density at radius 3 is 1.19 bits per heavy atom. The van der Waals surface area contributed by atoms with Crippen molar-refractivity contribution in [3.8, 4) is 0 Å². The number of nitrogens with zero attached hydrogens (tertiary/aromatic N) is 2. The minimum Gasteiger partial charge on any atom is -0.744 e. The second-order valence-corrected chi connectivity index (χ2v) is 33.0. The van der Waals surface area contributed by atoms with E-state index >= 15 is 0 Å². The van der Waals surface area contributed by atoms with Gasteiger partial charge >= 0.3 is 41.5 Å². The van der Waals surface area contributed by atoms with Crippen molar-refractivity contribution in [3.63, 3.8) is 0 Å². The molecule has 0 amide bonds. The van der Waals surface area contributed by atoms with E-state index in [0.29, 0.717) is 0 Å². The van der Waals surface area contributed by atoms with Gasteiger partial charge in [0.25, 0.3) is 21.2 Å². The number of hydrogen-bond donors (Lipinski definition) is 5. The molecule has 31 heteroatoms. The summed E-state index contributed by atoms with van der Waals surface area (Å²) < 4.78 is 139. The second kappa shape index (κ2) is 33.5. The molecule has 2 aliphatic heterocycles. The van der Waals surface area contributed by atoms with Crippen LogP contribution >= 0.6 is 0 Å². The van der Waals surface area contributed by atoms with Gasteiger partial charge in [-0.05, 0) is 92.1 Å². The Morgan fingerprint density at radius 1 is 0.426 bits per heavy atom. The normalized spacial score (nSPS) is 13.0. The first-order valence-corrected chi connectivity index (χ1v) is 41.2. The number of anilines is 4. The van der Waals surface area contributed by atoms with Gasteiger partial charge in [-0.3, -0.25) is 42.9 Å². The molecule has 10 aromatic carbocycles. The molecule has 2 unspecified atom stereocenters. The van der Waals surface area contributed by atoms with E-state index < -0.39 is 141 Å². The number of rotatable bonds is 24. The molecule has 576 valence electrons. The maximum absolute atomic E-state index is 14.3. The molecule has 0 fully saturated rings. The number of fused-ring (bicyclic) bond motifs is 4. The maximum atomic E-state index is 14.3. The third-order valence-corrected chi connectivity index (χ3v) is 24.3. The Morgan fingerprint density at radius 2 is 0.791 bits per heavy atom. The summed E-state index contributed by atoms with van der Waals surface area (Å²) in [6, 6.07) is 56.8. The van der Waals surface area contributed by atoms with E-state index in [2.05, 4.69) is 20.6 Å². The summed E-state index contributed by atoms with van der Waals surface area (Å²) in [5.41, 5.74) is -3.54. The van der Waals surface area contributed by atoms with Crippen molar-refractivity contribution in [2.45, 2.75) is 46.3 Å². The van der Waals surface area contributed by atoms with E-state index in [1.54, 1.807) is 135 Å². The standard InChI is InChI=1S/2C42H32N2O11S2.Na/c1-2-55-42(49)30(38(45)24-12-5-3-6-13-24)20-21-56(50,51)27-17-11-16-26(22-27)43-31-23-32(57(52,53)54)37-35-33(28-18-9-10-19-29(28)40(47)34(31)35)36(41(48)44-37)39(46)25-14-7-4-8-15-25;1-2-55-42(49)30(38(45)24-11-5-3-6-12-24)21-22-56(50,51)27-19-17-26(18-20-27)43-31-23-32(57(52,53)54)37-35-33(28-15-9-10-16-29(28)40(47)34(31)35)36(41(48)44-37)39(46)25-13-7-4-8-14-25;/h3-19,22-23,30,43,46H,2,20-21H2,1H3,(H,52,53,54);3-20,23,30,43,46H,2,21-22H2,1H3,(H,52,53,54);/q;;+1/p-1. The molecule has 4 aliphatic rings. The smallest absolute Gasteiger partial charge is 0.744 e. The van der Waals surface area contributed by atoms with Crippen molar-refractivity contribution >= 4 is 141 Å². The van der Waals surface area contributed by atoms with Gasteiger partial charge in [0.2, 0.25) is 0 Å². The fraction of sp³-hybridized carbons (Fsp3) is 0.119. The van der Waals surface area contributed by atoms with Crippen LogP contribution in [0.25, 0.3) is 54.9 Å². The molecular weight excluding hydrogens is 1570 g/mol. The van der Waals surface area contributed by atoms with E-state index in [1.165, 1.54) is 97.1 Å². The summed E-state index contributed by atoms with van der Waals surface area (Å²) in [4.78, 5) is 114. The minimum absolute atomic E-state index is 0. The van der Waals surface area contributed by atoms with Gasteiger partial charge in [0, 0.05) is 65.3 Å². The maximum Gasteiger partial charge on any atom is 1.00 e. The molecule has 0 saturated carbocycles. The molecule has 2 heterocycles. The summed E-state index contributed by atoms with van der Waals surface area (Å²) in [5.74, 6) is -7.83. The van der Waals surface area contributed by atoms with E-state index in [9.17, 15) is 91.3 Å². The number of benzene rings is 10. The quantitative estimate of drug-likeness (QED) is 0.0142. The zero-order chi connectivity index (χ0) is 81.3. The zero-order valence-electron chi connectivity index (χ0n) is 61.0. The summed E-state index contributed by atoms with van der Waals surface area (Å²) >= 11 is 0. The van der Waals surface area contributed by atoms with Gasteiger partial charge in [-0.25, -0.2) is 35.2 Å². The molecule has 14 rings (SSSR count). The van der Waals surface area contributed by atoms with Crippen LogP contribution < -0.4 is 72.6 Å². The van der Waals surface area contributed by atoms with Crippen molar-refractivity contribution in [2.24, 2.45) is 11.8 Å². The molecule has 5 N–H and O–H groups in total. The molecular formula is C84H63N4NaO22S4. The topological polar surface area (TPSA) is 425 Å². The van der Waals surface area contributed by atoms with Crippen LogP contribution in [0.15, 0.2) is 269 Å². The fourth-order valence-corrected chi connectivity index (χ4v) is 17.8. The molecule has 0 bridgehead atoms. The molecule has 0 saturated heterocycles. The van der Waals surface area contributed by atoms with Crippen LogP contribution in [0.5, 0.6) is 0 Å². The number of Topliss-reactive ketones (excluding diaryl/α,β-unsaturated/α-hetero) is 2. The Labute approximate surface area is 675 Å². The number of nitrogens with one attached hydrogen (secondary N) is 2. The van der Waals surface area contributed by atoms with E-state index in [4.69, 9.17) is 9.47 Å². The molecule has 0 radical (unpaired) electrons. The minimum atomic E-state index is -5.34. The van der Waals surface area contributed by atoms with Crippen LogP contribution in [0.4, 0.5) is 22.7 Å². The third kappa shape index (κ3) is 16.5. The predicted molar refractivity (Wildman–Crippen MR) is 423 cm³/mol. The summed E-state index contributed by atoms with van der Waals surface area (Å²) in [7, 11) is -18.7. The van der Waals surface area contributed by atoms with Crippen LogP contribution in [-0.4, -0.2) is 111 Å². The summed E-state index contributed by atoms with van der Waals surface area (Å²) in [6.45, 7) is 3.11. The number of ketones is 2. The largest absolute Gasteiger partial charge is 1.00 e. The molecule has 115 heavy (non-hydrogen) atoms. The summed E-state index contributed by atoms with van der Waals surface area (Å²) in [6.07, 6.45) is -0.744. The van der Waals surface area contributed by atoms with Crippen LogP contribution in [-0.2, 0) is 59.0 Å². The van der Waals surface area contributed by atoms with Gasteiger partial charge < -0.3 is 34.9 Å². The monoisotopic (exact) mass is 1630 g/mol. The average molecular weight is 1630 g/mol. The average Bonchev–Trinajstić information content (AvgIpc) is 0.708. The predicted octanol–water partition coefficient (Wildman–Crippen LogP) is 6.50. The number of aromatic nitrogens is 2. The number of esters is 2. The number of ether oxygens (including phenoxy) is 2. The van der Waals surface area contributed by atoms with Crippen molar-refractivity contribution in [3.05, 3.63) is 325 Å². The fourth-order valence-electron chi connectivity index (χ4n) is 13.8. The van der Waals surface area contributed by atoms with Gasteiger partial charge in [0.05, 0.1) is 83.0 Å². The van der Waals surface area contributed by atoms with Gasteiger partial charge in [0.1, 0.15) is 38.4 Å². The molecule has 10 aromatic rings. The van der Waals surface area contributed by atoms with Crippen LogP contribution in [0.3, 0.4) is 0 Å². The van der Waals surface area contributed by atoms with Crippen molar-refractivity contribution in [1.29, 1.82) is 0 Å². The number of aliphatic hydroxyl groups is 2. The Balaban J connectivity index is 0.000000211. The number of aliphatic hydroxyl groups excluding tert-OH is 2. The molecule has 2 atom stereocenters. The van der Waals surface area contributed by atoms with Gasteiger partial charge in [-0.1, -0.05) is 176 Å². The molecule has 0 spiro atoms. The number of carbonyl (C=O) groups is 4. The van der Waals surface area contributed by atoms with Gasteiger partial charge in [-0.2, -0.15) is 8.42 Å². The van der Waals surface area contributed by atoms with Crippen LogP contribution in [0, 0.1) is 32.7 Å².